The highest BCUT2D eigenvalue weighted by Crippen LogP contribution is 2.36. The molecule has 0 saturated heterocycles. The van der Waals surface area contributed by atoms with Crippen molar-refractivity contribution in [1.82, 2.24) is 10.3 Å². The molecule has 0 aliphatic heterocycles. The number of hydrogen-bond donors (Lipinski definition) is 2. The number of aliphatic hydroxyl groups excluding tert-OH is 1. The number of nitrogens with one attached hydrogen (secondary N) is 1. The van der Waals surface area contributed by atoms with E-state index >= 15 is 0 Å². The molecule has 0 amide bonds. The summed E-state index contributed by atoms with van der Waals surface area (Å²) in [5.74, 6) is 1.53. The number of aromatic nitrogens is 1. The molecule has 1 heterocycles. The van der Waals surface area contributed by atoms with Crippen LogP contribution in [-0.4, -0.2) is 23.3 Å². The number of nitrogens with zero attached hydrogens (tertiary/aromatic N) is 1. The summed E-state index contributed by atoms with van der Waals surface area (Å²) in [4.78, 5) is 5.90. The van der Waals surface area contributed by atoms with Gasteiger partial charge in [-0.2, -0.15) is 0 Å². The standard InChI is InChI=1S/C18H24N2O2S/c21-9-10-22-17-8-4-3-7-15(17)11-19-12-16-13-20-18(23-16)14-5-1-2-6-14/h3-4,7-8,13-14,19,21H,1-2,5-6,9-12H2. The Labute approximate surface area is 141 Å². The summed E-state index contributed by atoms with van der Waals surface area (Å²) in [6, 6.07) is 7.95. The molecule has 1 aromatic carbocycles. The fraction of sp³-hybridized carbons (Fsp3) is 0.500. The molecule has 1 aromatic heterocycles. The van der Waals surface area contributed by atoms with Gasteiger partial charge in [0.05, 0.1) is 11.6 Å². The molecule has 1 aliphatic carbocycles. The third-order valence-electron chi connectivity index (χ3n) is 4.21. The number of ether oxygens (including phenoxy) is 1. The monoisotopic (exact) mass is 332 g/mol. The number of rotatable bonds is 8. The van der Waals surface area contributed by atoms with Crippen LogP contribution in [0.5, 0.6) is 5.75 Å². The lowest BCUT2D eigenvalue weighted by Gasteiger charge is -2.11. The van der Waals surface area contributed by atoms with E-state index in [2.05, 4.69) is 16.4 Å². The van der Waals surface area contributed by atoms with Crippen molar-refractivity contribution in [1.29, 1.82) is 0 Å². The number of hydrogen-bond acceptors (Lipinski definition) is 5. The Balaban J connectivity index is 1.51. The van der Waals surface area contributed by atoms with Gasteiger partial charge in [-0.15, -0.1) is 11.3 Å². The molecule has 1 saturated carbocycles. The van der Waals surface area contributed by atoms with Crippen LogP contribution >= 0.6 is 11.3 Å². The van der Waals surface area contributed by atoms with Crippen LogP contribution in [0.3, 0.4) is 0 Å². The van der Waals surface area contributed by atoms with E-state index in [-0.39, 0.29) is 6.61 Å². The second-order valence-electron chi connectivity index (χ2n) is 5.93. The lowest BCUT2D eigenvalue weighted by molar-refractivity contribution is 0.200. The predicted molar refractivity (Wildman–Crippen MR) is 92.9 cm³/mol. The first-order valence-electron chi connectivity index (χ1n) is 8.33. The van der Waals surface area contributed by atoms with Crippen LogP contribution in [0.1, 0.15) is 47.0 Å². The highest BCUT2D eigenvalue weighted by Gasteiger charge is 2.19. The molecule has 0 radical (unpaired) electrons. The molecule has 2 aromatic rings. The van der Waals surface area contributed by atoms with Crippen molar-refractivity contribution in [2.75, 3.05) is 13.2 Å². The van der Waals surface area contributed by atoms with E-state index in [0.717, 1.165) is 24.4 Å². The minimum Gasteiger partial charge on any atom is -0.491 e. The average molecular weight is 332 g/mol. The number of para-hydroxylation sites is 1. The van der Waals surface area contributed by atoms with E-state index < -0.39 is 0 Å². The largest absolute Gasteiger partial charge is 0.491 e. The van der Waals surface area contributed by atoms with E-state index in [9.17, 15) is 0 Å². The average Bonchev–Trinajstić information content (AvgIpc) is 3.25. The molecular weight excluding hydrogens is 308 g/mol. The zero-order valence-corrected chi connectivity index (χ0v) is 14.1. The van der Waals surface area contributed by atoms with E-state index in [1.165, 1.54) is 35.6 Å². The smallest absolute Gasteiger partial charge is 0.123 e. The molecule has 0 unspecified atom stereocenters. The highest BCUT2D eigenvalue weighted by molar-refractivity contribution is 7.11. The van der Waals surface area contributed by atoms with Gasteiger partial charge in [0, 0.05) is 35.6 Å². The summed E-state index contributed by atoms with van der Waals surface area (Å²) in [6.45, 7) is 1.94. The summed E-state index contributed by atoms with van der Waals surface area (Å²) < 4.78 is 5.56. The van der Waals surface area contributed by atoms with Crippen LogP contribution in [0, 0.1) is 0 Å². The van der Waals surface area contributed by atoms with Gasteiger partial charge in [0.15, 0.2) is 0 Å². The molecular formula is C18H24N2O2S. The molecule has 0 atom stereocenters. The molecule has 0 spiro atoms. The first-order valence-corrected chi connectivity index (χ1v) is 9.15. The lowest BCUT2D eigenvalue weighted by Crippen LogP contribution is -2.13. The summed E-state index contributed by atoms with van der Waals surface area (Å²) in [5.41, 5.74) is 1.11. The molecule has 1 aliphatic rings. The minimum atomic E-state index is 0.0343. The predicted octanol–water partition coefficient (Wildman–Crippen LogP) is 3.46. The van der Waals surface area contributed by atoms with Crippen molar-refractivity contribution >= 4 is 11.3 Å². The maximum absolute atomic E-state index is 8.89. The fourth-order valence-electron chi connectivity index (χ4n) is 3.03. The van der Waals surface area contributed by atoms with Gasteiger partial charge in [-0.05, 0) is 18.9 Å². The van der Waals surface area contributed by atoms with Crippen LogP contribution in [-0.2, 0) is 13.1 Å². The quantitative estimate of drug-likeness (QED) is 0.777. The summed E-state index contributed by atoms with van der Waals surface area (Å²) in [7, 11) is 0. The van der Waals surface area contributed by atoms with Crippen molar-refractivity contribution in [2.24, 2.45) is 0 Å². The van der Waals surface area contributed by atoms with Gasteiger partial charge in [0.2, 0.25) is 0 Å². The SMILES string of the molecule is OCCOc1ccccc1CNCc1cnc(C2CCCC2)s1. The topological polar surface area (TPSA) is 54.4 Å². The first kappa shape index (κ1) is 16.4. The Hall–Kier alpha value is -1.43. The van der Waals surface area contributed by atoms with Gasteiger partial charge in [-0.25, -0.2) is 4.98 Å². The molecule has 1 fully saturated rings. The Morgan fingerprint density at radius 3 is 2.87 bits per heavy atom. The van der Waals surface area contributed by atoms with Crippen molar-refractivity contribution in [2.45, 2.75) is 44.7 Å². The Morgan fingerprint density at radius 1 is 1.22 bits per heavy atom. The first-order chi connectivity index (χ1) is 11.4. The van der Waals surface area contributed by atoms with Gasteiger partial charge in [-0.1, -0.05) is 31.0 Å². The van der Waals surface area contributed by atoms with Gasteiger partial charge < -0.3 is 15.2 Å². The van der Waals surface area contributed by atoms with Gasteiger partial charge in [0.25, 0.3) is 0 Å². The van der Waals surface area contributed by atoms with Crippen LogP contribution in [0.25, 0.3) is 0 Å². The zero-order valence-electron chi connectivity index (χ0n) is 13.3. The van der Waals surface area contributed by atoms with Gasteiger partial charge >= 0.3 is 0 Å². The maximum atomic E-state index is 8.89. The molecule has 0 bridgehead atoms. The van der Waals surface area contributed by atoms with Crippen molar-refractivity contribution < 1.29 is 9.84 Å². The fourth-order valence-corrected chi connectivity index (χ4v) is 4.09. The second kappa shape index (κ2) is 8.43. The number of thiazole rings is 1. The summed E-state index contributed by atoms with van der Waals surface area (Å²) in [6.07, 6.45) is 7.32. The minimum absolute atomic E-state index is 0.0343. The van der Waals surface area contributed by atoms with E-state index in [1.807, 2.05) is 35.7 Å². The lowest BCUT2D eigenvalue weighted by atomic mass is 10.1. The van der Waals surface area contributed by atoms with Gasteiger partial charge in [-0.3, -0.25) is 0 Å². The summed E-state index contributed by atoms with van der Waals surface area (Å²) in [5, 5.41) is 13.7. The molecule has 2 N–H and O–H groups in total. The third-order valence-corrected chi connectivity index (χ3v) is 5.37. The molecule has 5 heteroatoms. The number of aliphatic hydroxyl groups is 1. The van der Waals surface area contributed by atoms with E-state index in [0.29, 0.717) is 12.5 Å². The van der Waals surface area contributed by atoms with Crippen molar-refractivity contribution in [3.05, 3.63) is 45.9 Å². The Morgan fingerprint density at radius 2 is 2.04 bits per heavy atom. The molecule has 3 rings (SSSR count). The van der Waals surface area contributed by atoms with Crippen LogP contribution in [0.2, 0.25) is 0 Å². The third kappa shape index (κ3) is 4.53. The van der Waals surface area contributed by atoms with Crippen LogP contribution in [0.4, 0.5) is 0 Å². The van der Waals surface area contributed by atoms with E-state index in [4.69, 9.17) is 9.84 Å². The van der Waals surface area contributed by atoms with Crippen molar-refractivity contribution in [3.8, 4) is 5.75 Å². The molecule has 124 valence electrons. The Bertz CT molecular complexity index is 609. The maximum Gasteiger partial charge on any atom is 0.123 e. The molecule has 23 heavy (non-hydrogen) atoms. The molecule has 4 nitrogen and oxygen atoms in total. The van der Waals surface area contributed by atoms with E-state index in [1.54, 1.807) is 0 Å². The van der Waals surface area contributed by atoms with Crippen LogP contribution in [0.15, 0.2) is 30.5 Å². The highest BCUT2D eigenvalue weighted by atomic mass is 32.1. The normalized spacial score (nSPS) is 15.2. The summed E-state index contributed by atoms with van der Waals surface area (Å²) >= 11 is 1.85. The second-order valence-corrected chi connectivity index (χ2v) is 7.08. The van der Waals surface area contributed by atoms with Crippen LogP contribution < -0.4 is 10.1 Å². The number of benzene rings is 1. The zero-order chi connectivity index (χ0) is 15.9. The van der Waals surface area contributed by atoms with Crippen molar-refractivity contribution in [3.63, 3.8) is 0 Å². The Kier molecular flexibility index (Phi) is 6.02. The van der Waals surface area contributed by atoms with Gasteiger partial charge in [0.1, 0.15) is 12.4 Å².